The number of rotatable bonds is 3. The second-order valence-corrected chi connectivity index (χ2v) is 4.43. The molecule has 0 bridgehead atoms. The molecule has 17 heavy (non-hydrogen) atoms. The number of carbonyl (C=O) groups is 1. The Balaban J connectivity index is 2.48. The molecule has 0 spiro atoms. The van der Waals surface area contributed by atoms with Crippen LogP contribution in [0.5, 0.6) is 0 Å². The monoisotopic (exact) mass is 250 g/mol. The van der Waals surface area contributed by atoms with Crippen molar-refractivity contribution in [2.75, 3.05) is 5.88 Å². The Morgan fingerprint density at radius 1 is 1.59 bits per heavy atom. The largest absolute Gasteiger partial charge is 0.291 e. The molecule has 1 aliphatic rings. The smallest absolute Gasteiger partial charge is 0.198 e. The zero-order valence-corrected chi connectivity index (χ0v) is 10.8. The minimum absolute atomic E-state index is 0.0176. The fourth-order valence-corrected chi connectivity index (χ4v) is 2.33. The van der Waals surface area contributed by atoms with Gasteiger partial charge >= 0.3 is 0 Å². The van der Waals surface area contributed by atoms with Gasteiger partial charge < -0.3 is 0 Å². The molecule has 0 aliphatic heterocycles. The molecule has 2 rings (SSSR count). The van der Waals surface area contributed by atoms with Crippen molar-refractivity contribution in [3.05, 3.63) is 35.2 Å². The van der Waals surface area contributed by atoms with Gasteiger partial charge in [-0.1, -0.05) is 18.2 Å². The highest BCUT2D eigenvalue weighted by Gasteiger charge is 2.20. The van der Waals surface area contributed by atoms with Crippen LogP contribution in [0.1, 0.15) is 34.6 Å². The number of nitrogens with zero attached hydrogens (tertiary/aromatic N) is 2. The van der Waals surface area contributed by atoms with Crippen LogP contribution in [0.4, 0.5) is 0 Å². The van der Waals surface area contributed by atoms with Gasteiger partial charge in [0.25, 0.3) is 0 Å². The summed E-state index contributed by atoms with van der Waals surface area (Å²) in [4.78, 5) is 11.6. The van der Waals surface area contributed by atoms with E-state index in [4.69, 9.17) is 11.6 Å². The van der Waals surface area contributed by atoms with Gasteiger partial charge in [0.1, 0.15) is 5.69 Å². The first-order valence-corrected chi connectivity index (χ1v) is 6.17. The lowest BCUT2D eigenvalue weighted by atomic mass is 9.98. The lowest BCUT2D eigenvalue weighted by molar-refractivity contribution is 0.101. The zero-order valence-electron chi connectivity index (χ0n) is 10.0. The summed E-state index contributed by atoms with van der Waals surface area (Å²) in [5.74, 6) is -0.131. The van der Waals surface area contributed by atoms with E-state index in [-0.39, 0.29) is 11.7 Å². The maximum Gasteiger partial charge on any atom is 0.198 e. The minimum atomic E-state index is -0.113. The molecular weight excluding hydrogens is 236 g/mol. The van der Waals surface area contributed by atoms with Gasteiger partial charge in [-0.3, -0.25) is 9.48 Å². The van der Waals surface area contributed by atoms with Gasteiger partial charge in [0, 0.05) is 12.6 Å². The summed E-state index contributed by atoms with van der Waals surface area (Å²) in [7, 11) is 1.87. The minimum Gasteiger partial charge on any atom is -0.291 e. The molecule has 0 fully saturated rings. The molecule has 0 saturated heterocycles. The van der Waals surface area contributed by atoms with Gasteiger partial charge in [-0.05, 0) is 25.3 Å². The summed E-state index contributed by atoms with van der Waals surface area (Å²) < 4.78 is 1.78. The van der Waals surface area contributed by atoms with Crippen LogP contribution in [-0.2, 0) is 7.05 Å². The van der Waals surface area contributed by atoms with Crippen LogP contribution in [0.2, 0.25) is 0 Å². The SMILES string of the molecule is Cc1c(C(=O)CCl)nn(C)c1C1=CC=CCC1. The molecule has 0 aromatic carbocycles. The van der Waals surface area contributed by atoms with Crippen molar-refractivity contribution in [1.29, 1.82) is 0 Å². The second-order valence-electron chi connectivity index (χ2n) is 4.16. The van der Waals surface area contributed by atoms with E-state index in [9.17, 15) is 4.79 Å². The third-order valence-corrected chi connectivity index (χ3v) is 3.23. The highest BCUT2D eigenvalue weighted by Crippen LogP contribution is 2.27. The number of carbonyl (C=O) groups excluding carboxylic acids is 1. The van der Waals surface area contributed by atoms with E-state index in [0.29, 0.717) is 5.69 Å². The molecule has 1 heterocycles. The first-order valence-electron chi connectivity index (χ1n) is 5.64. The molecule has 1 aromatic heterocycles. The number of hydrogen-bond acceptors (Lipinski definition) is 2. The molecule has 90 valence electrons. The Morgan fingerprint density at radius 2 is 2.35 bits per heavy atom. The first-order chi connectivity index (χ1) is 8.15. The number of aromatic nitrogens is 2. The number of ketones is 1. The average Bonchev–Trinajstić information content (AvgIpc) is 2.65. The van der Waals surface area contributed by atoms with Crippen molar-refractivity contribution >= 4 is 23.0 Å². The molecule has 0 N–H and O–H groups in total. The van der Waals surface area contributed by atoms with E-state index in [1.807, 2.05) is 20.0 Å². The summed E-state index contributed by atoms with van der Waals surface area (Å²) in [6.45, 7) is 1.93. The Labute approximate surface area is 106 Å². The third-order valence-electron chi connectivity index (χ3n) is 2.99. The zero-order chi connectivity index (χ0) is 12.4. The van der Waals surface area contributed by atoms with Crippen LogP contribution in [0.25, 0.3) is 5.57 Å². The summed E-state index contributed by atoms with van der Waals surface area (Å²) >= 11 is 5.58. The van der Waals surface area contributed by atoms with Crippen LogP contribution in [-0.4, -0.2) is 21.4 Å². The first kappa shape index (κ1) is 12.1. The summed E-state index contributed by atoms with van der Waals surface area (Å²) in [6.07, 6.45) is 8.30. The molecule has 1 aliphatic carbocycles. The van der Waals surface area contributed by atoms with Gasteiger partial charge in [-0.25, -0.2) is 0 Å². The summed E-state index contributed by atoms with van der Waals surface area (Å²) in [6, 6.07) is 0. The van der Waals surface area contributed by atoms with Gasteiger partial charge in [0.05, 0.1) is 11.6 Å². The number of halogens is 1. The van der Waals surface area contributed by atoms with E-state index in [2.05, 4.69) is 17.3 Å². The Bertz CT molecular complexity index is 512. The van der Waals surface area contributed by atoms with Gasteiger partial charge in [0.2, 0.25) is 0 Å². The van der Waals surface area contributed by atoms with Crippen LogP contribution in [0, 0.1) is 6.92 Å². The van der Waals surface area contributed by atoms with Crippen LogP contribution < -0.4 is 0 Å². The van der Waals surface area contributed by atoms with Crippen molar-refractivity contribution in [2.45, 2.75) is 19.8 Å². The fraction of sp³-hybridized carbons (Fsp3) is 0.385. The maximum atomic E-state index is 11.6. The van der Waals surface area contributed by atoms with E-state index in [0.717, 1.165) is 24.1 Å². The van der Waals surface area contributed by atoms with Crippen LogP contribution in [0.15, 0.2) is 18.2 Å². The van der Waals surface area contributed by atoms with Gasteiger partial charge in [0.15, 0.2) is 5.78 Å². The van der Waals surface area contributed by atoms with Crippen LogP contribution in [0.3, 0.4) is 0 Å². The maximum absolute atomic E-state index is 11.6. The van der Waals surface area contributed by atoms with Gasteiger partial charge in [-0.15, -0.1) is 11.6 Å². The second kappa shape index (κ2) is 4.88. The molecule has 0 saturated carbocycles. The Hall–Kier alpha value is -1.35. The molecule has 1 aromatic rings. The predicted octanol–water partition coefficient (Wildman–Crippen LogP) is 2.88. The molecule has 3 nitrogen and oxygen atoms in total. The normalized spacial score (nSPS) is 14.9. The summed E-state index contributed by atoms with van der Waals surface area (Å²) in [5.41, 5.74) is 3.70. The quantitative estimate of drug-likeness (QED) is 0.611. The van der Waals surface area contributed by atoms with E-state index in [1.54, 1.807) is 4.68 Å². The van der Waals surface area contributed by atoms with Crippen molar-refractivity contribution in [3.8, 4) is 0 Å². The van der Waals surface area contributed by atoms with E-state index >= 15 is 0 Å². The Morgan fingerprint density at radius 3 is 2.94 bits per heavy atom. The molecule has 0 amide bonds. The standard InChI is InChI=1S/C13H15ClN2O/c1-9-12(11(17)8-14)15-16(2)13(9)10-6-4-3-5-7-10/h3-4,6H,5,7-8H2,1-2H3. The van der Waals surface area contributed by atoms with Gasteiger partial charge in [-0.2, -0.15) is 5.10 Å². The third kappa shape index (κ3) is 2.20. The molecule has 0 unspecified atom stereocenters. The topological polar surface area (TPSA) is 34.9 Å². The lowest BCUT2D eigenvalue weighted by Gasteiger charge is -2.10. The number of allylic oxidation sites excluding steroid dienone is 4. The number of Topliss-reactive ketones (excluding diaryl/α,β-unsaturated/α-hetero) is 1. The Kier molecular flexibility index (Phi) is 3.48. The highest BCUT2D eigenvalue weighted by atomic mass is 35.5. The number of alkyl halides is 1. The molecule has 0 radical (unpaired) electrons. The molecule has 0 atom stereocenters. The van der Waals surface area contributed by atoms with E-state index < -0.39 is 0 Å². The van der Waals surface area contributed by atoms with Crippen molar-refractivity contribution < 1.29 is 4.79 Å². The van der Waals surface area contributed by atoms with Crippen molar-refractivity contribution in [2.24, 2.45) is 7.05 Å². The van der Waals surface area contributed by atoms with Crippen molar-refractivity contribution in [1.82, 2.24) is 9.78 Å². The predicted molar refractivity (Wildman–Crippen MR) is 69.3 cm³/mol. The fourth-order valence-electron chi connectivity index (χ4n) is 2.21. The molecular formula is C13H15ClN2O. The summed E-state index contributed by atoms with van der Waals surface area (Å²) in [5, 5.41) is 4.27. The van der Waals surface area contributed by atoms with Crippen molar-refractivity contribution in [3.63, 3.8) is 0 Å². The number of aryl methyl sites for hydroxylation is 1. The number of hydrogen-bond donors (Lipinski definition) is 0. The lowest BCUT2D eigenvalue weighted by Crippen LogP contribution is -2.03. The van der Waals surface area contributed by atoms with E-state index in [1.165, 1.54) is 5.57 Å². The van der Waals surface area contributed by atoms with Crippen LogP contribution >= 0.6 is 11.6 Å². The average molecular weight is 251 g/mol. The highest BCUT2D eigenvalue weighted by molar-refractivity contribution is 6.30. The molecule has 4 heteroatoms.